The van der Waals surface area contributed by atoms with Crippen molar-refractivity contribution in [3.05, 3.63) is 64.7 Å². The van der Waals surface area contributed by atoms with Crippen LogP contribution < -0.4 is 10.0 Å². The molecule has 0 radical (unpaired) electrons. The summed E-state index contributed by atoms with van der Waals surface area (Å²) >= 11 is 5.94. The zero-order chi connectivity index (χ0) is 16.9. The van der Waals surface area contributed by atoms with Gasteiger partial charge in [0.05, 0.1) is 4.90 Å². The highest BCUT2D eigenvalue weighted by Crippen LogP contribution is 2.19. The molecule has 2 rings (SSSR count). The highest BCUT2D eigenvalue weighted by atomic mass is 35.5. The van der Waals surface area contributed by atoms with E-state index >= 15 is 0 Å². The van der Waals surface area contributed by atoms with E-state index in [4.69, 9.17) is 11.6 Å². The Bertz CT molecular complexity index is 792. The summed E-state index contributed by atoms with van der Waals surface area (Å²) in [6.45, 7) is 2.07. The Morgan fingerprint density at radius 2 is 1.78 bits per heavy atom. The van der Waals surface area contributed by atoms with Crippen LogP contribution in [0.25, 0.3) is 0 Å². The molecule has 5 nitrogen and oxygen atoms in total. The van der Waals surface area contributed by atoms with E-state index < -0.39 is 10.0 Å². The van der Waals surface area contributed by atoms with Crippen LogP contribution in [0.3, 0.4) is 0 Å². The lowest BCUT2D eigenvalue weighted by Gasteiger charge is -2.09. The van der Waals surface area contributed by atoms with Gasteiger partial charge in [0.1, 0.15) is 0 Å². The summed E-state index contributed by atoms with van der Waals surface area (Å²) in [5, 5.41) is 3.05. The molecule has 0 saturated carbocycles. The number of rotatable bonds is 6. The minimum absolute atomic E-state index is 0.0897. The van der Waals surface area contributed by atoms with Gasteiger partial charge in [-0.15, -0.1) is 0 Å². The van der Waals surface area contributed by atoms with Crippen LogP contribution in [-0.2, 0) is 10.0 Å². The summed E-state index contributed by atoms with van der Waals surface area (Å²) in [5.41, 5.74) is 1.33. The van der Waals surface area contributed by atoms with Gasteiger partial charge in [0.2, 0.25) is 10.0 Å². The molecule has 0 heterocycles. The summed E-state index contributed by atoms with van der Waals surface area (Å²) in [5.74, 6) is -0.247. The molecule has 0 saturated heterocycles. The molecular formula is C16H17ClN2O3S. The molecule has 2 aromatic rings. The first kappa shape index (κ1) is 17.5. The summed E-state index contributed by atoms with van der Waals surface area (Å²) in [6.07, 6.45) is 0. The summed E-state index contributed by atoms with van der Waals surface area (Å²) < 4.78 is 26.7. The molecular weight excluding hydrogens is 336 g/mol. The SMILES string of the molecule is Cc1ccc(S(=O)(=O)NCCNC(=O)c2ccccc2)cc1Cl. The van der Waals surface area contributed by atoms with E-state index in [-0.39, 0.29) is 23.9 Å². The normalized spacial score (nSPS) is 11.2. The van der Waals surface area contributed by atoms with Crippen LogP contribution in [0.5, 0.6) is 0 Å². The van der Waals surface area contributed by atoms with Crippen molar-refractivity contribution in [2.45, 2.75) is 11.8 Å². The second-order valence-electron chi connectivity index (χ2n) is 4.93. The van der Waals surface area contributed by atoms with Crippen molar-refractivity contribution in [2.75, 3.05) is 13.1 Å². The van der Waals surface area contributed by atoms with Crippen LogP contribution in [0.4, 0.5) is 0 Å². The topological polar surface area (TPSA) is 75.3 Å². The van der Waals surface area contributed by atoms with Crippen LogP contribution in [0.15, 0.2) is 53.4 Å². The molecule has 0 aliphatic carbocycles. The average Bonchev–Trinajstić information content (AvgIpc) is 2.54. The number of nitrogens with one attached hydrogen (secondary N) is 2. The van der Waals surface area contributed by atoms with Gasteiger partial charge in [-0.3, -0.25) is 4.79 Å². The molecule has 0 aromatic heterocycles. The lowest BCUT2D eigenvalue weighted by atomic mass is 10.2. The van der Waals surface area contributed by atoms with Crippen molar-refractivity contribution in [1.82, 2.24) is 10.0 Å². The number of carbonyl (C=O) groups is 1. The molecule has 7 heteroatoms. The van der Waals surface area contributed by atoms with Crippen LogP contribution in [0.2, 0.25) is 5.02 Å². The minimum Gasteiger partial charge on any atom is -0.351 e. The smallest absolute Gasteiger partial charge is 0.251 e. The Morgan fingerprint density at radius 1 is 1.09 bits per heavy atom. The van der Waals surface area contributed by atoms with Gasteiger partial charge in [0, 0.05) is 23.7 Å². The molecule has 0 bridgehead atoms. The fourth-order valence-corrected chi connectivity index (χ4v) is 3.18. The monoisotopic (exact) mass is 352 g/mol. The van der Waals surface area contributed by atoms with E-state index in [0.29, 0.717) is 10.6 Å². The van der Waals surface area contributed by atoms with E-state index in [1.165, 1.54) is 12.1 Å². The van der Waals surface area contributed by atoms with E-state index in [1.807, 2.05) is 6.07 Å². The van der Waals surface area contributed by atoms with Crippen molar-refractivity contribution >= 4 is 27.5 Å². The molecule has 0 aliphatic rings. The van der Waals surface area contributed by atoms with Crippen molar-refractivity contribution in [2.24, 2.45) is 0 Å². The summed E-state index contributed by atoms with van der Waals surface area (Å²) in [6, 6.07) is 13.3. The maximum absolute atomic E-state index is 12.1. The number of halogens is 1. The van der Waals surface area contributed by atoms with Crippen molar-refractivity contribution < 1.29 is 13.2 Å². The average molecular weight is 353 g/mol. The Kier molecular flexibility index (Phi) is 5.76. The van der Waals surface area contributed by atoms with E-state index in [0.717, 1.165) is 5.56 Å². The van der Waals surface area contributed by atoms with Gasteiger partial charge >= 0.3 is 0 Å². The van der Waals surface area contributed by atoms with Crippen LogP contribution >= 0.6 is 11.6 Å². The number of carbonyl (C=O) groups excluding carboxylic acids is 1. The van der Waals surface area contributed by atoms with Crippen LogP contribution in [0, 0.1) is 6.92 Å². The quantitative estimate of drug-likeness (QED) is 0.784. The molecule has 122 valence electrons. The van der Waals surface area contributed by atoms with Crippen LogP contribution in [0.1, 0.15) is 15.9 Å². The zero-order valence-electron chi connectivity index (χ0n) is 12.5. The third-order valence-electron chi connectivity index (χ3n) is 3.19. The van der Waals surface area contributed by atoms with E-state index in [9.17, 15) is 13.2 Å². The Morgan fingerprint density at radius 3 is 2.43 bits per heavy atom. The maximum Gasteiger partial charge on any atom is 0.251 e. The molecule has 0 fully saturated rings. The number of benzene rings is 2. The number of sulfonamides is 1. The molecule has 2 N–H and O–H groups in total. The third-order valence-corrected chi connectivity index (χ3v) is 5.06. The molecule has 0 unspecified atom stereocenters. The van der Waals surface area contributed by atoms with Gasteiger partial charge in [0.25, 0.3) is 5.91 Å². The second-order valence-corrected chi connectivity index (χ2v) is 7.10. The van der Waals surface area contributed by atoms with Gasteiger partial charge < -0.3 is 5.32 Å². The fourth-order valence-electron chi connectivity index (χ4n) is 1.88. The van der Waals surface area contributed by atoms with E-state index in [2.05, 4.69) is 10.0 Å². The molecule has 0 aliphatic heterocycles. The molecule has 0 atom stereocenters. The Hall–Kier alpha value is -1.89. The predicted molar refractivity (Wildman–Crippen MR) is 90.2 cm³/mol. The first-order chi connectivity index (χ1) is 10.9. The number of aryl methyl sites for hydroxylation is 1. The second kappa shape index (κ2) is 7.59. The first-order valence-corrected chi connectivity index (χ1v) is 8.85. The first-order valence-electron chi connectivity index (χ1n) is 6.99. The van der Waals surface area contributed by atoms with Crippen molar-refractivity contribution in [3.63, 3.8) is 0 Å². The Labute approximate surface area is 140 Å². The minimum atomic E-state index is -3.65. The lowest BCUT2D eigenvalue weighted by molar-refractivity contribution is 0.0954. The van der Waals surface area contributed by atoms with Crippen LogP contribution in [-0.4, -0.2) is 27.4 Å². The molecule has 2 aromatic carbocycles. The number of hydrogen-bond acceptors (Lipinski definition) is 3. The third kappa shape index (κ3) is 4.79. The maximum atomic E-state index is 12.1. The predicted octanol–water partition coefficient (Wildman–Crippen LogP) is 2.36. The lowest BCUT2D eigenvalue weighted by Crippen LogP contribution is -2.34. The van der Waals surface area contributed by atoms with Crippen molar-refractivity contribution in [1.29, 1.82) is 0 Å². The van der Waals surface area contributed by atoms with E-state index in [1.54, 1.807) is 37.3 Å². The van der Waals surface area contributed by atoms with Gasteiger partial charge in [-0.05, 0) is 36.8 Å². The highest BCUT2D eigenvalue weighted by molar-refractivity contribution is 7.89. The van der Waals surface area contributed by atoms with Gasteiger partial charge in [-0.1, -0.05) is 35.9 Å². The number of amides is 1. The Balaban J connectivity index is 1.88. The highest BCUT2D eigenvalue weighted by Gasteiger charge is 2.14. The molecule has 23 heavy (non-hydrogen) atoms. The van der Waals surface area contributed by atoms with Gasteiger partial charge in [-0.2, -0.15) is 0 Å². The summed E-state index contributed by atoms with van der Waals surface area (Å²) in [7, 11) is -3.65. The van der Waals surface area contributed by atoms with Gasteiger partial charge in [0.15, 0.2) is 0 Å². The number of hydrogen-bond donors (Lipinski definition) is 2. The molecule has 1 amide bonds. The molecule has 0 spiro atoms. The summed E-state index contributed by atoms with van der Waals surface area (Å²) in [4.78, 5) is 11.9. The standard InChI is InChI=1S/C16H17ClN2O3S/c1-12-7-8-14(11-15(12)17)23(21,22)19-10-9-18-16(20)13-5-3-2-4-6-13/h2-8,11,19H,9-10H2,1H3,(H,18,20). The van der Waals surface area contributed by atoms with Gasteiger partial charge in [-0.25, -0.2) is 13.1 Å². The zero-order valence-corrected chi connectivity index (χ0v) is 14.1. The van der Waals surface area contributed by atoms with Crippen molar-refractivity contribution in [3.8, 4) is 0 Å². The largest absolute Gasteiger partial charge is 0.351 e. The fraction of sp³-hybridized carbons (Fsp3) is 0.188.